The van der Waals surface area contributed by atoms with Gasteiger partial charge < -0.3 is 14.9 Å². The molecular weight excluding hydrogens is 252 g/mol. The fourth-order valence-corrected chi connectivity index (χ4v) is 1.98. The molecule has 3 rings (SSSR count). The van der Waals surface area contributed by atoms with Gasteiger partial charge in [0.1, 0.15) is 17.9 Å². The number of oxazole rings is 1. The smallest absolute Gasteiger partial charge is 0.195 e. The van der Waals surface area contributed by atoms with Crippen molar-refractivity contribution in [3.63, 3.8) is 0 Å². The molecule has 2 N–H and O–H groups in total. The van der Waals surface area contributed by atoms with Gasteiger partial charge in [0.2, 0.25) is 0 Å². The molecule has 2 aromatic carbocycles. The highest BCUT2D eigenvalue weighted by Gasteiger charge is 2.05. The molecule has 3 aromatic rings. The van der Waals surface area contributed by atoms with Crippen molar-refractivity contribution in [1.82, 2.24) is 4.98 Å². The van der Waals surface area contributed by atoms with Gasteiger partial charge in [0.15, 0.2) is 11.5 Å². The summed E-state index contributed by atoms with van der Waals surface area (Å²) in [5.41, 5.74) is 9.11. The van der Waals surface area contributed by atoms with Gasteiger partial charge in [-0.2, -0.15) is 0 Å². The van der Waals surface area contributed by atoms with Crippen molar-refractivity contribution < 1.29 is 9.15 Å². The predicted octanol–water partition coefficient (Wildman–Crippen LogP) is 3.55. The number of aromatic nitrogens is 1. The van der Waals surface area contributed by atoms with E-state index in [1.54, 1.807) is 0 Å². The summed E-state index contributed by atoms with van der Waals surface area (Å²) in [5, 5.41) is 0. The molecule has 0 aliphatic carbocycles. The Morgan fingerprint density at radius 1 is 1.15 bits per heavy atom. The van der Waals surface area contributed by atoms with Crippen LogP contribution in [0.5, 0.6) is 5.75 Å². The van der Waals surface area contributed by atoms with Gasteiger partial charge in [-0.3, -0.25) is 0 Å². The molecule has 102 valence electrons. The zero-order valence-electron chi connectivity index (χ0n) is 11.3. The van der Waals surface area contributed by atoms with E-state index in [9.17, 15) is 0 Å². The highest BCUT2D eigenvalue weighted by molar-refractivity contribution is 5.74. The SMILES string of the molecule is CCc1nc2cc(OCc3ccc(N)cc3)ccc2o1. The Labute approximate surface area is 117 Å². The summed E-state index contributed by atoms with van der Waals surface area (Å²) in [6, 6.07) is 13.3. The van der Waals surface area contributed by atoms with E-state index in [-0.39, 0.29) is 0 Å². The van der Waals surface area contributed by atoms with Gasteiger partial charge in [-0.15, -0.1) is 0 Å². The van der Waals surface area contributed by atoms with E-state index < -0.39 is 0 Å². The predicted molar refractivity (Wildman–Crippen MR) is 78.6 cm³/mol. The molecule has 20 heavy (non-hydrogen) atoms. The normalized spacial score (nSPS) is 10.8. The van der Waals surface area contributed by atoms with Crippen LogP contribution in [0.15, 0.2) is 46.9 Å². The number of benzene rings is 2. The van der Waals surface area contributed by atoms with E-state index in [1.807, 2.05) is 49.4 Å². The van der Waals surface area contributed by atoms with Gasteiger partial charge >= 0.3 is 0 Å². The van der Waals surface area contributed by atoms with Crippen LogP contribution in [0, 0.1) is 0 Å². The quantitative estimate of drug-likeness (QED) is 0.735. The van der Waals surface area contributed by atoms with E-state index >= 15 is 0 Å². The molecule has 0 aliphatic rings. The zero-order valence-corrected chi connectivity index (χ0v) is 11.3. The number of ether oxygens (including phenoxy) is 1. The second-order valence-corrected chi connectivity index (χ2v) is 4.62. The maximum absolute atomic E-state index is 5.76. The third-order valence-corrected chi connectivity index (χ3v) is 3.09. The highest BCUT2D eigenvalue weighted by Crippen LogP contribution is 2.22. The number of nitrogens with two attached hydrogens (primary N) is 1. The molecule has 0 fully saturated rings. The third-order valence-electron chi connectivity index (χ3n) is 3.09. The summed E-state index contributed by atoms with van der Waals surface area (Å²) in [6.45, 7) is 2.52. The Morgan fingerprint density at radius 3 is 2.70 bits per heavy atom. The Kier molecular flexibility index (Phi) is 3.29. The number of fused-ring (bicyclic) bond motifs is 1. The Morgan fingerprint density at radius 2 is 1.95 bits per heavy atom. The van der Waals surface area contributed by atoms with Gasteiger partial charge in [-0.1, -0.05) is 19.1 Å². The van der Waals surface area contributed by atoms with E-state index in [2.05, 4.69) is 4.98 Å². The van der Waals surface area contributed by atoms with Gasteiger partial charge in [-0.25, -0.2) is 4.98 Å². The lowest BCUT2D eigenvalue weighted by atomic mass is 10.2. The number of anilines is 1. The first-order valence-corrected chi connectivity index (χ1v) is 6.61. The van der Waals surface area contributed by atoms with Crippen LogP contribution in [0.4, 0.5) is 5.69 Å². The van der Waals surface area contributed by atoms with Crippen molar-refractivity contribution in [2.45, 2.75) is 20.0 Å². The first kappa shape index (κ1) is 12.5. The van der Waals surface area contributed by atoms with Crippen LogP contribution in [0.3, 0.4) is 0 Å². The molecule has 0 radical (unpaired) electrons. The number of nitrogen functional groups attached to an aromatic ring is 1. The lowest BCUT2D eigenvalue weighted by molar-refractivity contribution is 0.306. The van der Waals surface area contributed by atoms with Crippen LogP contribution in [0.25, 0.3) is 11.1 Å². The molecule has 0 saturated heterocycles. The molecule has 0 bridgehead atoms. The van der Waals surface area contributed by atoms with Gasteiger partial charge in [0, 0.05) is 18.2 Å². The molecule has 1 aromatic heterocycles. The first-order valence-electron chi connectivity index (χ1n) is 6.61. The van der Waals surface area contributed by atoms with Crippen molar-refractivity contribution >= 4 is 16.8 Å². The van der Waals surface area contributed by atoms with Crippen LogP contribution >= 0.6 is 0 Å². The molecule has 4 heteroatoms. The van der Waals surface area contributed by atoms with Crippen LogP contribution in [0.2, 0.25) is 0 Å². The lowest BCUT2D eigenvalue weighted by Crippen LogP contribution is -1.95. The first-order chi connectivity index (χ1) is 9.74. The van der Waals surface area contributed by atoms with E-state index in [0.717, 1.165) is 40.4 Å². The lowest BCUT2D eigenvalue weighted by Gasteiger charge is -2.06. The summed E-state index contributed by atoms with van der Waals surface area (Å²) in [5.74, 6) is 1.53. The van der Waals surface area contributed by atoms with Gasteiger partial charge in [0.25, 0.3) is 0 Å². The number of hydrogen-bond acceptors (Lipinski definition) is 4. The number of hydrogen-bond donors (Lipinski definition) is 1. The standard InChI is InChI=1S/C16H16N2O2/c1-2-16-18-14-9-13(7-8-15(14)20-16)19-10-11-3-5-12(17)6-4-11/h3-9H,2,10,17H2,1H3. The molecule has 0 saturated carbocycles. The van der Waals surface area contributed by atoms with E-state index in [1.165, 1.54) is 0 Å². The minimum atomic E-state index is 0.504. The number of aryl methyl sites for hydroxylation is 1. The topological polar surface area (TPSA) is 61.3 Å². The second-order valence-electron chi connectivity index (χ2n) is 4.62. The Hall–Kier alpha value is -2.49. The summed E-state index contributed by atoms with van der Waals surface area (Å²) >= 11 is 0. The summed E-state index contributed by atoms with van der Waals surface area (Å²) in [7, 11) is 0. The van der Waals surface area contributed by atoms with Crippen LogP contribution in [-0.4, -0.2) is 4.98 Å². The zero-order chi connectivity index (χ0) is 13.9. The summed E-state index contributed by atoms with van der Waals surface area (Å²) in [6.07, 6.45) is 0.788. The maximum Gasteiger partial charge on any atom is 0.195 e. The molecule has 0 unspecified atom stereocenters. The van der Waals surface area contributed by atoms with Crippen LogP contribution in [0.1, 0.15) is 18.4 Å². The average Bonchev–Trinajstić information content (AvgIpc) is 2.89. The summed E-state index contributed by atoms with van der Waals surface area (Å²) in [4.78, 5) is 4.40. The Bertz CT molecular complexity index is 717. The minimum absolute atomic E-state index is 0.504. The maximum atomic E-state index is 5.76. The second kappa shape index (κ2) is 5.25. The number of nitrogens with zero attached hydrogens (tertiary/aromatic N) is 1. The Balaban J connectivity index is 1.75. The van der Waals surface area contributed by atoms with E-state index in [4.69, 9.17) is 14.9 Å². The molecule has 0 aliphatic heterocycles. The fourth-order valence-electron chi connectivity index (χ4n) is 1.98. The van der Waals surface area contributed by atoms with E-state index in [0.29, 0.717) is 6.61 Å². The molecular formula is C16H16N2O2. The van der Waals surface area contributed by atoms with Crippen molar-refractivity contribution in [3.8, 4) is 5.75 Å². The molecule has 0 spiro atoms. The van der Waals surface area contributed by atoms with Crippen molar-refractivity contribution in [2.24, 2.45) is 0 Å². The van der Waals surface area contributed by atoms with Crippen LogP contribution in [-0.2, 0) is 13.0 Å². The molecule has 0 atom stereocenters. The van der Waals surface area contributed by atoms with Crippen molar-refractivity contribution in [2.75, 3.05) is 5.73 Å². The van der Waals surface area contributed by atoms with Crippen molar-refractivity contribution in [1.29, 1.82) is 0 Å². The summed E-state index contributed by atoms with van der Waals surface area (Å²) < 4.78 is 11.3. The third kappa shape index (κ3) is 2.59. The van der Waals surface area contributed by atoms with Gasteiger partial charge in [-0.05, 0) is 29.8 Å². The van der Waals surface area contributed by atoms with Crippen LogP contribution < -0.4 is 10.5 Å². The molecule has 1 heterocycles. The minimum Gasteiger partial charge on any atom is -0.489 e. The molecule has 4 nitrogen and oxygen atoms in total. The average molecular weight is 268 g/mol. The van der Waals surface area contributed by atoms with Gasteiger partial charge in [0.05, 0.1) is 0 Å². The number of rotatable bonds is 4. The highest BCUT2D eigenvalue weighted by atomic mass is 16.5. The fraction of sp³-hybridized carbons (Fsp3) is 0.188. The monoisotopic (exact) mass is 268 g/mol. The molecule has 0 amide bonds. The van der Waals surface area contributed by atoms with Crippen molar-refractivity contribution in [3.05, 3.63) is 53.9 Å². The largest absolute Gasteiger partial charge is 0.489 e.